The first-order valence-electron chi connectivity index (χ1n) is 6.62. The molecule has 0 aliphatic carbocycles. The summed E-state index contributed by atoms with van der Waals surface area (Å²) in [5, 5.41) is 13.5. The van der Waals surface area contributed by atoms with Crippen molar-refractivity contribution in [3.05, 3.63) is 29.5 Å². The third-order valence-electron chi connectivity index (χ3n) is 3.99. The van der Waals surface area contributed by atoms with Gasteiger partial charge in [-0.15, -0.1) is 0 Å². The maximum Gasteiger partial charge on any atom is 0.321 e. The number of rotatable bonds is 2. The zero-order valence-electron chi connectivity index (χ0n) is 11.8. The molecule has 20 heavy (non-hydrogen) atoms. The Bertz CT molecular complexity index is 688. The van der Waals surface area contributed by atoms with E-state index in [0.29, 0.717) is 6.42 Å². The number of hydrogen-bond acceptors (Lipinski definition) is 3. The molecule has 2 heterocycles. The van der Waals surface area contributed by atoms with E-state index in [4.69, 9.17) is 4.74 Å². The van der Waals surface area contributed by atoms with E-state index in [0.717, 1.165) is 27.9 Å². The number of benzene rings is 1. The fourth-order valence-corrected chi connectivity index (χ4v) is 3.07. The molecule has 1 aromatic carbocycles. The molecule has 0 fully saturated rings. The Hall–Kier alpha value is -2.01. The van der Waals surface area contributed by atoms with Crippen LogP contribution < -0.4 is 10.1 Å². The normalized spacial score (nSPS) is 20.6. The van der Waals surface area contributed by atoms with E-state index >= 15 is 0 Å². The minimum atomic E-state index is -0.819. The third-order valence-corrected chi connectivity index (χ3v) is 3.99. The van der Waals surface area contributed by atoms with Crippen LogP contribution in [0.2, 0.25) is 0 Å². The molecular weight excluding hydrogens is 256 g/mol. The number of aliphatic carboxylic acids is 1. The van der Waals surface area contributed by atoms with Crippen LogP contribution in [0.25, 0.3) is 10.9 Å². The van der Waals surface area contributed by atoms with Gasteiger partial charge in [-0.25, -0.2) is 0 Å². The third kappa shape index (κ3) is 1.78. The second kappa shape index (κ2) is 4.24. The maximum absolute atomic E-state index is 11.3. The number of ether oxygens (including phenoxy) is 1. The van der Waals surface area contributed by atoms with E-state index < -0.39 is 17.6 Å². The van der Waals surface area contributed by atoms with E-state index in [1.54, 1.807) is 7.11 Å². The Kier molecular flexibility index (Phi) is 2.76. The highest BCUT2D eigenvalue weighted by Crippen LogP contribution is 2.37. The molecule has 2 aromatic rings. The highest BCUT2D eigenvalue weighted by Gasteiger charge is 2.38. The standard InChI is InChI=1S/C15H18N2O3/c1-15(2)13-9(7-10(17-15)14(18)19)8-5-4-6-11(20-3)12(8)16-13/h4-6,10,16-17H,7H2,1-3H3,(H,18,19). The van der Waals surface area contributed by atoms with Crippen LogP contribution in [0.3, 0.4) is 0 Å². The number of carbonyl (C=O) groups is 1. The Morgan fingerprint density at radius 3 is 2.85 bits per heavy atom. The summed E-state index contributed by atoms with van der Waals surface area (Å²) in [5.74, 6) is -0.0412. The van der Waals surface area contributed by atoms with Gasteiger partial charge in [0.05, 0.1) is 18.2 Å². The van der Waals surface area contributed by atoms with Gasteiger partial charge in [-0.2, -0.15) is 0 Å². The van der Waals surface area contributed by atoms with Crippen LogP contribution in [0.5, 0.6) is 5.75 Å². The molecule has 1 aliphatic rings. The summed E-state index contributed by atoms with van der Waals surface area (Å²) in [7, 11) is 1.64. The fraction of sp³-hybridized carbons (Fsp3) is 0.400. The van der Waals surface area contributed by atoms with Gasteiger partial charge in [-0.1, -0.05) is 12.1 Å². The van der Waals surface area contributed by atoms with Crippen molar-refractivity contribution in [2.45, 2.75) is 31.8 Å². The van der Waals surface area contributed by atoms with Crippen LogP contribution in [-0.4, -0.2) is 29.2 Å². The molecular formula is C15H18N2O3. The lowest BCUT2D eigenvalue weighted by Crippen LogP contribution is -2.52. The molecule has 0 saturated carbocycles. The zero-order chi connectivity index (χ0) is 14.5. The van der Waals surface area contributed by atoms with Gasteiger partial charge in [-0.3, -0.25) is 10.1 Å². The van der Waals surface area contributed by atoms with Crippen molar-refractivity contribution in [2.75, 3.05) is 7.11 Å². The number of carboxylic acid groups (broad SMARTS) is 1. The van der Waals surface area contributed by atoms with Crippen LogP contribution in [-0.2, 0) is 16.8 Å². The molecule has 1 unspecified atom stereocenters. The summed E-state index contributed by atoms with van der Waals surface area (Å²) in [4.78, 5) is 14.7. The number of fused-ring (bicyclic) bond motifs is 3. The Morgan fingerprint density at radius 1 is 1.45 bits per heavy atom. The number of carboxylic acids is 1. The average molecular weight is 274 g/mol. The maximum atomic E-state index is 11.3. The van der Waals surface area contributed by atoms with Gasteiger partial charge in [0, 0.05) is 17.5 Å². The molecule has 0 spiro atoms. The summed E-state index contributed by atoms with van der Waals surface area (Å²) < 4.78 is 5.38. The number of para-hydroxylation sites is 1. The van der Waals surface area contributed by atoms with E-state index in [2.05, 4.69) is 10.3 Å². The molecule has 3 rings (SSSR count). The summed E-state index contributed by atoms with van der Waals surface area (Å²) in [6.07, 6.45) is 0.473. The van der Waals surface area contributed by atoms with E-state index in [1.807, 2.05) is 32.0 Å². The molecule has 1 atom stereocenters. The van der Waals surface area contributed by atoms with Gasteiger partial charge in [0.25, 0.3) is 0 Å². The summed E-state index contributed by atoms with van der Waals surface area (Å²) in [5.41, 5.74) is 2.62. The van der Waals surface area contributed by atoms with Gasteiger partial charge in [0.15, 0.2) is 0 Å². The lowest BCUT2D eigenvalue weighted by Gasteiger charge is -2.35. The number of aromatic amines is 1. The largest absolute Gasteiger partial charge is 0.495 e. The quantitative estimate of drug-likeness (QED) is 0.783. The summed E-state index contributed by atoms with van der Waals surface area (Å²) >= 11 is 0. The van der Waals surface area contributed by atoms with Gasteiger partial charge in [0.2, 0.25) is 0 Å². The number of H-pyrrole nitrogens is 1. The van der Waals surface area contributed by atoms with Gasteiger partial charge in [-0.05, 0) is 25.5 Å². The van der Waals surface area contributed by atoms with Crippen molar-refractivity contribution in [3.8, 4) is 5.75 Å². The highest BCUT2D eigenvalue weighted by atomic mass is 16.5. The Morgan fingerprint density at radius 2 is 2.20 bits per heavy atom. The molecule has 3 N–H and O–H groups in total. The second-order valence-corrected chi connectivity index (χ2v) is 5.73. The predicted octanol–water partition coefficient (Wildman–Crippen LogP) is 2.01. The molecule has 0 amide bonds. The zero-order valence-corrected chi connectivity index (χ0v) is 11.8. The van der Waals surface area contributed by atoms with E-state index in [-0.39, 0.29) is 0 Å². The minimum Gasteiger partial charge on any atom is -0.495 e. The Balaban J connectivity index is 2.25. The van der Waals surface area contributed by atoms with Crippen LogP contribution in [0.15, 0.2) is 18.2 Å². The summed E-state index contributed by atoms with van der Waals surface area (Å²) in [6.45, 7) is 3.98. The van der Waals surface area contributed by atoms with E-state index in [9.17, 15) is 9.90 Å². The molecule has 0 radical (unpaired) electrons. The lowest BCUT2D eigenvalue weighted by atomic mass is 9.86. The topological polar surface area (TPSA) is 74.3 Å². The van der Waals surface area contributed by atoms with Crippen LogP contribution in [0.1, 0.15) is 25.1 Å². The van der Waals surface area contributed by atoms with Crippen LogP contribution in [0, 0.1) is 0 Å². The first-order valence-corrected chi connectivity index (χ1v) is 6.62. The SMILES string of the molecule is COc1cccc2c3c([nH]c12)C(C)(C)NC(C(=O)O)C3. The smallest absolute Gasteiger partial charge is 0.321 e. The van der Waals surface area contributed by atoms with Crippen molar-refractivity contribution >= 4 is 16.9 Å². The first-order chi connectivity index (χ1) is 9.44. The number of nitrogens with one attached hydrogen (secondary N) is 2. The molecule has 5 heteroatoms. The number of methoxy groups -OCH3 is 1. The molecule has 0 bridgehead atoms. The average Bonchev–Trinajstić information content (AvgIpc) is 2.78. The van der Waals surface area contributed by atoms with Crippen molar-refractivity contribution in [1.82, 2.24) is 10.3 Å². The van der Waals surface area contributed by atoms with Crippen molar-refractivity contribution in [3.63, 3.8) is 0 Å². The highest BCUT2D eigenvalue weighted by molar-refractivity contribution is 5.91. The molecule has 5 nitrogen and oxygen atoms in total. The van der Waals surface area contributed by atoms with E-state index in [1.165, 1.54) is 0 Å². The van der Waals surface area contributed by atoms with Gasteiger partial charge >= 0.3 is 5.97 Å². The molecule has 106 valence electrons. The van der Waals surface area contributed by atoms with Crippen LogP contribution in [0.4, 0.5) is 0 Å². The fourth-order valence-electron chi connectivity index (χ4n) is 3.07. The number of hydrogen-bond donors (Lipinski definition) is 3. The van der Waals surface area contributed by atoms with Crippen molar-refractivity contribution in [1.29, 1.82) is 0 Å². The first kappa shape index (κ1) is 13.0. The monoisotopic (exact) mass is 274 g/mol. The second-order valence-electron chi connectivity index (χ2n) is 5.73. The van der Waals surface area contributed by atoms with Gasteiger partial charge in [0.1, 0.15) is 11.8 Å². The molecule has 0 saturated heterocycles. The summed E-state index contributed by atoms with van der Waals surface area (Å²) in [6, 6.07) is 5.27. The van der Waals surface area contributed by atoms with Crippen molar-refractivity contribution in [2.24, 2.45) is 0 Å². The van der Waals surface area contributed by atoms with Crippen molar-refractivity contribution < 1.29 is 14.6 Å². The minimum absolute atomic E-state index is 0.416. The predicted molar refractivity (Wildman–Crippen MR) is 76.1 cm³/mol. The molecule has 1 aliphatic heterocycles. The lowest BCUT2D eigenvalue weighted by molar-refractivity contribution is -0.140. The van der Waals surface area contributed by atoms with Gasteiger partial charge < -0.3 is 14.8 Å². The van der Waals surface area contributed by atoms with Crippen LogP contribution >= 0.6 is 0 Å². The Labute approximate surface area is 116 Å². The molecule has 1 aromatic heterocycles. The number of aromatic nitrogens is 1.